The molecule has 1 fully saturated rings. The second-order valence-corrected chi connectivity index (χ2v) is 11.6. The molecule has 7 nitrogen and oxygen atoms in total. The second kappa shape index (κ2) is 12.1. The predicted molar refractivity (Wildman–Crippen MR) is 140 cm³/mol. The number of hydrogen-bond donors (Lipinski definition) is 1. The number of nitrogens with zero attached hydrogens (tertiary/aromatic N) is 2. The molecule has 0 aromatic heterocycles. The molecule has 0 heterocycles. The van der Waals surface area contributed by atoms with E-state index < -0.39 is 34.3 Å². The van der Waals surface area contributed by atoms with Crippen LogP contribution in [0.5, 0.6) is 0 Å². The van der Waals surface area contributed by atoms with Gasteiger partial charge in [0.2, 0.25) is 21.8 Å². The molecule has 0 radical (unpaired) electrons. The minimum Gasteiger partial charge on any atom is -0.352 e. The van der Waals surface area contributed by atoms with Gasteiger partial charge in [0.1, 0.15) is 18.4 Å². The predicted octanol–water partition coefficient (Wildman–Crippen LogP) is 4.42. The minimum absolute atomic E-state index is 0.0659. The monoisotopic (exact) mass is 537 g/mol. The van der Waals surface area contributed by atoms with E-state index in [4.69, 9.17) is 11.6 Å². The van der Waals surface area contributed by atoms with Crippen LogP contribution in [0.4, 0.5) is 10.1 Å². The van der Waals surface area contributed by atoms with E-state index in [1.165, 1.54) is 17.0 Å². The van der Waals surface area contributed by atoms with E-state index >= 15 is 0 Å². The molecule has 0 saturated heterocycles. The summed E-state index contributed by atoms with van der Waals surface area (Å²) in [5.41, 5.74) is 1.89. The first kappa shape index (κ1) is 27.9. The molecule has 1 aliphatic rings. The maximum absolute atomic E-state index is 13.7. The number of sulfonamides is 1. The lowest BCUT2D eigenvalue weighted by Crippen LogP contribution is -2.53. The summed E-state index contributed by atoms with van der Waals surface area (Å²) < 4.78 is 39.9. The van der Waals surface area contributed by atoms with Gasteiger partial charge in [-0.3, -0.25) is 13.9 Å². The Hall–Kier alpha value is -2.65. The maximum Gasteiger partial charge on any atom is 0.244 e. The van der Waals surface area contributed by atoms with Crippen LogP contribution in [0.1, 0.15) is 50.2 Å². The van der Waals surface area contributed by atoms with Crippen LogP contribution < -0.4 is 9.62 Å². The number of halogens is 2. The third-order valence-electron chi connectivity index (χ3n) is 6.39. The molecule has 1 N–H and O–H groups in total. The molecule has 10 heteroatoms. The van der Waals surface area contributed by atoms with Crippen LogP contribution in [-0.4, -0.2) is 50.0 Å². The topological polar surface area (TPSA) is 86.8 Å². The number of amides is 2. The third kappa shape index (κ3) is 7.20. The van der Waals surface area contributed by atoms with Gasteiger partial charge >= 0.3 is 0 Å². The van der Waals surface area contributed by atoms with Gasteiger partial charge in [0.25, 0.3) is 0 Å². The Morgan fingerprint density at radius 2 is 1.86 bits per heavy atom. The van der Waals surface area contributed by atoms with Crippen LogP contribution in [-0.2, 0) is 26.2 Å². The lowest BCUT2D eigenvalue weighted by Gasteiger charge is -2.33. The number of nitrogens with one attached hydrogen (secondary N) is 1. The van der Waals surface area contributed by atoms with Crippen molar-refractivity contribution in [3.63, 3.8) is 0 Å². The summed E-state index contributed by atoms with van der Waals surface area (Å²) in [4.78, 5) is 28.4. The van der Waals surface area contributed by atoms with Crippen LogP contribution >= 0.6 is 11.6 Å². The second-order valence-electron chi connectivity index (χ2n) is 9.29. The smallest absolute Gasteiger partial charge is 0.244 e. The molecule has 0 unspecified atom stereocenters. The zero-order valence-electron chi connectivity index (χ0n) is 20.8. The molecule has 2 aromatic carbocycles. The molecule has 1 atom stereocenters. The first-order valence-corrected chi connectivity index (χ1v) is 14.3. The highest BCUT2D eigenvalue weighted by Crippen LogP contribution is 2.25. The van der Waals surface area contributed by atoms with Gasteiger partial charge in [-0.1, -0.05) is 61.2 Å². The maximum atomic E-state index is 13.7. The molecule has 3 rings (SSSR count). The number of carbonyl (C=O) groups is 2. The SMILES string of the molecule is CC[C@@H](C(=O)NC1CCCC1)N(Cc1cccc(C)c1)C(=O)CN(c1ccc(F)c(Cl)c1)S(C)(=O)=O. The molecule has 0 aliphatic heterocycles. The van der Waals surface area contributed by atoms with Crippen molar-refractivity contribution in [1.29, 1.82) is 0 Å². The summed E-state index contributed by atoms with van der Waals surface area (Å²) in [6.45, 7) is 3.34. The van der Waals surface area contributed by atoms with E-state index in [9.17, 15) is 22.4 Å². The highest BCUT2D eigenvalue weighted by molar-refractivity contribution is 7.92. The van der Waals surface area contributed by atoms with Crippen molar-refractivity contribution in [1.82, 2.24) is 10.2 Å². The normalized spacial score (nSPS) is 14.9. The van der Waals surface area contributed by atoms with Crippen molar-refractivity contribution >= 4 is 39.1 Å². The van der Waals surface area contributed by atoms with Crippen LogP contribution in [0.15, 0.2) is 42.5 Å². The van der Waals surface area contributed by atoms with Crippen molar-refractivity contribution in [2.45, 2.75) is 64.6 Å². The highest BCUT2D eigenvalue weighted by atomic mass is 35.5. The van der Waals surface area contributed by atoms with Crippen molar-refractivity contribution in [2.75, 3.05) is 17.1 Å². The summed E-state index contributed by atoms with van der Waals surface area (Å²) in [5.74, 6) is -1.49. The molecule has 1 aliphatic carbocycles. The molecule has 2 aromatic rings. The van der Waals surface area contributed by atoms with Gasteiger partial charge in [0, 0.05) is 12.6 Å². The van der Waals surface area contributed by atoms with Gasteiger partial charge < -0.3 is 10.2 Å². The van der Waals surface area contributed by atoms with Gasteiger partial charge in [-0.25, -0.2) is 12.8 Å². The standard InChI is InChI=1S/C26H33ClFN3O4S/c1-4-24(26(33)29-20-10-5-6-11-20)30(16-19-9-7-8-18(2)14-19)25(32)17-31(36(3,34)35)21-12-13-23(28)22(27)15-21/h7-9,12-15,20,24H,4-6,10-11,16-17H2,1-3H3,(H,29,33)/t24-/m0/s1. The van der Waals surface area contributed by atoms with E-state index in [1.807, 2.05) is 38.1 Å². The Bertz CT molecular complexity index is 1200. The highest BCUT2D eigenvalue weighted by Gasteiger charge is 2.33. The molecule has 196 valence electrons. The Labute approximate surface area is 217 Å². The van der Waals surface area contributed by atoms with Crippen LogP contribution in [0.2, 0.25) is 5.02 Å². The van der Waals surface area contributed by atoms with Crippen molar-refractivity contribution in [3.8, 4) is 0 Å². The van der Waals surface area contributed by atoms with Crippen LogP contribution in [0.3, 0.4) is 0 Å². The molecule has 0 bridgehead atoms. The number of hydrogen-bond acceptors (Lipinski definition) is 4. The fraction of sp³-hybridized carbons (Fsp3) is 0.462. The third-order valence-corrected chi connectivity index (χ3v) is 7.82. The molecule has 2 amide bonds. The Morgan fingerprint density at radius 3 is 2.44 bits per heavy atom. The molecular weight excluding hydrogens is 505 g/mol. The fourth-order valence-electron chi connectivity index (χ4n) is 4.55. The minimum atomic E-state index is -3.92. The zero-order valence-corrected chi connectivity index (χ0v) is 22.4. The zero-order chi connectivity index (χ0) is 26.5. The molecule has 36 heavy (non-hydrogen) atoms. The average molecular weight is 538 g/mol. The lowest BCUT2D eigenvalue weighted by atomic mass is 10.1. The number of anilines is 1. The van der Waals surface area contributed by atoms with Gasteiger partial charge in [-0.15, -0.1) is 0 Å². The van der Waals surface area contributed by atoms with E-state index in [0.717, 1.165) is 53.4 Å². The Balaban J connectivity index is 1.93. The van der Waals surface area contributed by atoms with E-state index in [0.29, 0.717) is 6.42 Å². The van der Waals surface area contributed by atoms with Gasteiger partial charge in [-0.05, 0) is 49.9 Å². The molecule has 0 spiro atoms. The van der Waals surface area contributed by atoms with E-state index in [2.05, 4.69) is 5.32 Å². The van der Waals surface area contributed by atoms with Crippen LogP contribution in [0, 0.1) is 12.7 Å². The largest absolute Gasteiger partial charge is 0.352 e. The fourth-order valence-corrected chi connectivity index (χ4v) is 5.56. The summed E-state index contributed by atoms with van der Waals surface area (Å²) in [7, 11) is -3.92. The number of carbonyl (C=O) groups excluding carboxylic acids is 2. The molecule has 1 saturated carbocycles. The van der Waals surface area contributed by atoms with E-state index in [-0.39, 0.29) is 29.2 Å². The first-order valence-electron chi connectivity index (χ1n) is 12.1. The summed E-state index contributed by atoms with van der Waals surface area (Å²) in [6.07, 6.45) is 5.24. The average Bonchev–Trinajstić information content (AvgIpc) is 3.31. The van der Waals surface area contributed by atoms with Gasteiger partial charge in [-0.2, -0.15) is 0 Å². The summed E-state index contributed by atoms with van der Waals surface area (Å²) >= 11 is 5.88. The van der Waals surface area contributed by atoms with Crippen molar-refractivity contribution in [2.24, 2.45) is 0 Å². The van der Waals surface area contributed by atoms with Gasteiger partial charge in [0.05, 0.1) is 17.0 Å². The number of aryl methyl sites for hydroxylation is 1. The summed E-state index contributed by atoms with van der Waals surface area (Å²) in [5, 5.41) is 2.81. The Morgan fingerprint density at radius 1 is 1.17 bits per heavy atom. The quantitative estimate of drug-likeness (QED) is 0.486. The first-order chi connectivity index (χ1) is 17.0. The van der Waals surface area contributed by atoms with Crippen molar-refractivity contribution in [3.05, 3.63) is 64.4 Å². The van der Waals surface area contributed by atoms with Gasteiger partial charge in [0.15, 0.2) is 0 Å². The number of benzene rings is 2. The van der Waals surface area contributed by atoms with Crippen LogP contribution in [0.25, 0.3) is 0 Å². The Kier molecular flexibility index (Phi) is 9.35. The number of rotatable bonds is 10. The lowest BCUT2D eigenvalue weighted by molar-refractivity contribution is -0.140. The van der Waals surface area contributed by atoms with E-state index in [1.54, 1.807) is 0 Å². The van der Waals surface area contributed by atoms with Crippen molar-refractivity contribution < 1.29 is 22.4 Å². The summed E-state index contributed by atoms with van der Waals surface area (Å²) in [6, 6.07) is 10.4. The molecular formula is C26H33ClFN3O4S.